The van der Waals surface area contributed by atoms with Gasteiger partial charge in [-0.25, -0.2) is 13.3 Å². The van der Waals surface area contributed by atoms with E-state index in [0.717, 1.165) is 10.9 Å². The van der Waals surface area contributed by atoms with Gasteiger partial charge in [0.2, 0.25) is 0 Å². The van der Waals surface area contributed by atoms with Crippen molar-refractivity contribution in [2.45, 2.75) is 43.1 Å². The Morgan fingerprint density at radius 3 is 2.19 bits per heavy atom. The van der Waals surface area contributed by atoms with Gasteiger partial charge in [0.25, 0.3) is 5.56 Å². The van der Waals surface area contributed by atoms with E-state index in [4.69, 9.17) is 0 Å². The molecule has 2 aromatic heterocycles. The van der Waals surface area contributed by atoms with E-state index >= 15 is 0 Å². The molecule has 37 heavy (non-hydrogen) atoms. The van der Waals surface area contributed by atoms with Gasteiger partial charge in [0.15, 0.2) is 15.7 Å². The van der Waals surface area contributed by atoms with Gasteiger partial charge in [0.05, 0.1) is 10.6 Å². The molecule has 0 saturated carbocycles. The van der Waals surface area contributed by atoms with Crippen LogP contribution in [0.4, 0.5) is 26.3 Å². The Bertz CT molecular complexity index is 1410. The van der Waals surface area contributed by atoms with E-state index in [1.165, 1.54) is 24.3 Å². The maximum atomic E-state index is 13.2. The normalized spacial score (nSPS) is 16.4. The van der Waals surface area contributed by atoms with Crippen LogP contribution in [0.1, 0.15) is 30.5 Å². The lowest BCUT2D eigenvalue weighted by atomic mass is 9.90. The molecule has 0 radical (unpaired) electrons. The van der Waals surface area contributed by atoms with E-state index in [1.807, 2.05) is 5.10 Å². The fourth-order valence-electron chi connectivity index (χ4n) is 4.37. The third kappa shape index (κ3) is 5.92. The zero-order valence-electron chi connectivity index (χ0n) is 19.4. The molecule has 8 nitrogen and oxygen atoms in total. The maximum absolute atomic E-state index is 13.2. The van der Waals surface area contributed by atoms with Gasteiger partial charge in [0, 0.05) is 31.0 Å². The number of alkyl halides is 6. The van der Waals surface area contributed by atoms with Crippen LogP contribution in [-0.2, 0) is 22.4 Å². The van der Waals surface area contributed by atoms with Crippen LogP contribution in [-0.4, -0.2) is 58.9 Å². The van der Waals surface area contributed by atoms with Crippen molar-refractivity contribution in [3.05, 3.63) is 51.9 Å². The van der Waals surface area contributed by atoms with Gasteiger partial charge >= 0.3 is 12.5 Å². The second kappa shape index (κ2) is 9.67. The number of nitrogens with one attached hydrogen (secondary N) is 2. The lowest BCUT2D eigenvalue weighted by Gasteiger charge is -2.32. The van der Waals surface area contributed by atoms with Crippen molar-refractivity contribution in [2.75, 3.05) is 19.3 Å². The van der Waals surface area contributed by atoms with Gasteiger partial charge in [-0.1, -0.05) is 12.1 Å². The number of benzene rings is 1. The van der Waals surface area contributed by atoms with E-state index in [-0.39, 0.29) is 60.2 Å². The molecule has 1 aliphatic rings. The minimum atomic E-state index is -4.71. The molecule has 1 aromatic carbocycles. The van der Waals surface area contributed by atoms with E-state index in [0.29, 0.717) is 23.0 Å². The third-order valence-electron chi connectivity index (χ3n) is 6.43. The number of halogens is 6. The highest BCUT2D eigenvalue weighted by molar-refractivity contribution is 7.90. The molecule has 0 amide bonds. The molecule has 0 unspecified atom stereocenters. The Labute approximate surface area is 207 Å². The number of H-pyrrole nitrogens is 2. The molecule has 1 aliphatic heterocycles. The molecule has 0 bridgehead atoms. The number of piperidine rings is 1. The summed E-state index contributed by atoms with van der Waals surface area (Å²) in [5.41, 5.74) is -0.927. The Morgan fingerprint density at radius 2 is 1.68 bits per heavy atom. The second-order valence-corrected chi connectivity index (χ2v) is 11.0. The highest BCUT2D eigenvalue weighted by atomic mass is 32.2. The zero-order chi connectivity index (χ0) is 27.2. The average Bonchev–Trinajstić information content (AvgIpc) is 3.42. The quantitative estimate of drug-likeness (QED) is 0.354. The van der Waals surface area contributed by atoms with Crippen LogP contribution in [0.2, 0.25) is 0 Å². The van der Waals surface area contributed by atoms with Gasteiger partial charge in [-0.15, -0.1) is 0 Å². The second-order valence-electron chi connectivity index (χ2n) is 8.98. The first kappa shape index (κ1) is 27.0. The smallest absolute Gasteiger partial charge is 0.289 e. The van der Waals surface area contributed by atoms with Gasteiger partial charge in [-0.05, 0) is 49.3 Å². The molecule has 2 N–H and O–H groups in total. The molecule has 3 aromatic rings. The summed E-state index contributed by atoms with van der Waals surface area (Å²) >= 11 is 0. The summed E-state index contributed by atoms with van der Waals surface area (Å²) in [7, 11) is -3.49. The van der Waals surface area contributed by atoms with Crippen LogP contribution in [0.5, 0.6) is 0 Å². The highest BCUT2D eigenvalue weighted by Crippen LogP contribution is 2.32. The number of hydrogen-bond donors (Lipinski definition) is 2. The molecule has 0 aliphatic carbocycles. The van der Waals surface area contributed by atoms with Crippen LogP contribution >= 0.6 is 0 Å². The Balaban J connectivity index is 1.65. The number of aromatic nitrogens is 4. The van der Waals surface area contributed by atoms with Crippen LogP contribution in [0.15, 0.2) is 40.0 Å². The molecule has 4 rings (SSSR count). The first-order valence-electron chi connectivity index (χ1n) is 11.2. The van der Waals surface area contributed by atoms with Gasteiger partial charge in [-0.2, -0.15) is 36.1 Å². The summed E-state index contributed by atoms with van der Waals surface area (Å²) < 4.78 is 102. The zero-order valence-corrected chi connectivity index (χ0v) is 20.3. The van der Waals surface area contributed by atoms with Crippen LogP contribution < -0.4 is 5.56 Å². The Morgan fingerprint density at radius 1 is 1.05 bits per heavy atom. The maximum Gasteiger partial charge on any atom is 0.459 e. The summed E-state index contributed by atoms with van der Waals surface area (Å²) in [5.74, 6) is -0.403. The molecule has 0 atom stereocenters. The third-order valence-corrected chi connectivity index (χ3v) is 7.56. The number of rotatable bonds is 6. The van der Waals surface area contributed by atoms with Crippen molar-refractivity contribution in [3.8, 4) is 17.1 Å². The van der Waals surface area contributed by atoms with E-state index in [2.05, 4.69) is 10.2 Å². The topological polar surface area (TPSA) is 104 Å². The van der Waals surface area contributed by atoms with Crippen LogP contribution in [0.3, 0.4) is 0 Å². The van der Waals surface area contributed by atoms with Gasteiger partial charge in [-0.3, -0.25) is 15.0 Å². The summed E-state index contributed by atoms with van der Waals surface area (Å²) in [4.78, 5) is 13.7. The summed E-state index contributed by atoms with van der Waals surface area (Å²) in [6.45, 7) is -0.308. The van der Waals surface area contributed by atoms with Gasteiger partial charge in [0.1, 0.15) is 5.69 Å². The molecule has 0 spiro atoms. The predicted octanol–water partition coefficient (Wildman–Crippen LogP) is 4.14. The minimum absolute atomic E-state index is 0.0399. The van der Waals surface area contributed by atoms with E-state index in [1.54, 1.807) is 0 Å². The van der Waals surface area contributed by atoms with Crippen molar-refractivity contribution in [1.82, 2.24) is 24.9 Å². The monoisotopic (exact) mass is 551 g/mol. The molecule has 15 heteroatoms. The first-order valence-corrected chi connectivity index (χ1v) is 13.1. The van der Waals surface area contributed by atoms with E-state index in [9.17, 15) is 39.6 Å². The lowest BCUT2D eigenvalue weighted by Crippen LogP contribution is -2.43. The molecule has 1 saturated heterocycles. The van der Waals surface area contributed by atoms with Crippen molar-refractivity contribution in [3.63, 3.8) is 0 Å². The number of nitrogens with zero attached hydrogens (tertiary/aromatic N) is 3. The summed E-state index contributed by atoms with van der Waals surface area (Å²) in [6.07, 6.45) is -6.97. The number of sulfone groups is 1. The fourth-order valence-corrected chi connectivity index (χ4v) is 5.00. The van der Waals surface area contributed by atoms with E-state index < -0.39 is 33.6 Å². The predicted molar refractivity (Wildman–Crippen MR) is 121 cm³/mol. The molecule has 3 heterocycles. The Kier molecular flexibility index (Phi) is 7.05. The Hall–Kier alpha value is -3.07. The van der Waals surface area contributed by atoms with Crippen molar-refractivity contribution in [1.29, 1.82) is 0 Å². The number of aromatic amines is 2. The molecular weight excluding hydrogens is 528 g/mol. The number of hydrogen-bond acceptors (Lipinski definition) is 5. The van der Waals surface area contributed by atoms with Crippen molar-refractivity contribution in [2.24, 2.45) is 5.92 Å². The minimum Gasteiger partial charge on any atom is -0.289 e. The first-order chi connectivity index (χ1) is 17.1. The fraction of sp³-hybridized carbons (Fsp3) is 0.455. The summed E-state index contributed by atoms with van der Waals surface area (Å²) in [5, 5.41) is 8.20. The summed E-state index contributed by atoms with van der Waals surface area (Å²) in [6, 6.07) is 6.28. The number of likely N-dealkylation sites (tertiary alicyclic amines) is 1. The highest BCUT2D eigenvalue weighted by Gasteiger charge is 2.39. The van der Waals surface area contributed by atoms with Crippen molar-refractivity contribution >= 4 is 9.84 Å². The van der Waals surface area contributed by atoms with Gasteiger partial charge < -0.3 is 0 Å². The standard InChI is InChI=1S/C22H23F6N5O3S/c1-37(35,36)15-5-3-14(4-6-15)19-16(7-2-13-8-10-32(11-9-13)22(26,27)28)20(34)33(31-19)18-12-17(29-30-18)21(23,24)25/h3-6,12-13,31H,2,7-11H2,1H3,(H,29,30). The molecule has 202 valence electrons. The average molecular weight is 552 g/mol. The van der Waals surface area contributed by atoms with Crippen molar-refractivity contribution < 1.29 is 34.8 Å². The lowest BCUT2D eigenvalue weighted by molar-refractivity contribution is -0.251. The molecular formula is C22H23F6N5O3S. The molecule has 1 fully saturated rings. The van der Waals surface area contributed by atoms with Crippen LogP contribution in [0, 0.1) is 5.92 Å². The largest absolute Gasteiger partial charge is 0.459 e. The van der Waals surface area contributed by atoms with Crippen LogP contribution in [0.25, 0.3) is 17.1 Å². The SMILES string of the molecule is CS(=O)(=O)c1ccc(-c2[nH]n(-c3cc(C(F)(F)F)[nH]n3)c(=O)c2CCC2CCN(C(F)(F)F)CC2)cc1.